The number of rotatable bonds is 2. The molecule has 0 aliphatic rings. The van der Waals surface area contributed by atoms with Gasteiger partial charge in [0, 0.05) is 16.5 Å². The van der Waals surface area contributed by atoms with Crippen LogP contribution in [-0.2, 0) is 0 Å². The van der Waals surface area contributed by atoms with Gasteiger partial charge < -0.3 is 5.73 Å². The van der Waals surface area contributed by atoms with Crippen molar-refractivity contribution in [3.8, 4) is 11.3 Å². The van der Waals surface area contributed by atoms with E-state index in [1.165, 1.54) is 11.5 Å². The van der Waals surface area contributed by atoms with Gasteiger partial charge in [0.05, 0.1) is 0 Å². The molecule has 0 spiro atoms. The fraction of sp³-hybridized carbons (Fsp3) is 0. The van der Waals surface area contributed by atoms with Crippen molar-refractivity contribution in [3.05, 3.63) is 35.2 Å². The molecule has 1 heterocycles. The molecule has 1 aromatic carbocycles. The van der Waals surface area contributed by atoms with Crippen LogP contribution < -0.4 is 5.73 Å². The van der Waals surface area contributed by atoms with E-state index in [0.29, 0.717) is 0 Å². The minimum atomic E-state index is 0. The lowest BCUT2D eigenvalue weighted by Gasteiger charge is -1.99. The van der Waals surface area contributed by atoms with E-state index >= 15 is 0 Å². The maximum atomic E-state index is 7.23. The van der Waals surface area contributed by atoms with Crippen molar-refractivity contribution < 1.29 is 0 Å². The topological polar surface area (TPSA) is 75.7 Å². The molecule has 78 valence electrons. The van der Waals surface area contributed by atoms with E-state index in [4.69, 9.17) is 11.1 Å². The molecule has 2 aromatic rings. The molecule has 1 aromatic heterocycles. The zero-order valence-electron chi connectivity index (χ0n) is 7.68. The first-order valence-electron chi connectivity index (χ1n) is 3.99. The molecular formula is C9H9ClN4S. The number of amidine groups is 1. The molecule has 0 bridgehead atoms. The summed E-state index contributed by atoms with van der Waals surface area (Å²) in [5.74, 6) is 0.0768. The highest BCUT2D eigenvalue weighted by atomic mass is 35.5. The van der Waals surface area contributed by atoms with E-state index in [9.17, 15) is 0 Å². The Balaban J connectivity index is 0.00000112. The molecule has 0 radical (unpaired) electrons. The van der Waals surface area contributed by atoms with Gasteiger partial charge in [-0.2, -0.15) is 0 Å². The maximum absolute atomic E-state index is 7.23. The monoisotopic (exact) mass is 240 g/mol. The number of nitrogens with two attached hydrogens (primary N) is 1. The lowest BCUT2D eigenvalue weighted by Crippen LogP contribution is -2.10. The Kier molecular flexibility index (Phi) is 3.76. The molecule has 0 unspecified atom stereocenters. The van der Waals surface area contributed by atoms with E-state index < -0.39 is 0 Å². The van der Waals surface area contributed by atoms with E-state index in [1.807, 2.05) is 17.5 Å². The quantitative estimate of drug-likeness (QED) is 0.622. The fourth-order valence-corrected chi connectivity index (χ4v) is 1.58. The highest BCUT2D eigenvalue weighted by Gasteiger charge is 2.01. The van der Waals surface area contributed by atoms with Crippen LogP contribution in [0, 0.1) is 5.41 Å². The van der Waals surface area contributed by atoms with Crippen molar-refractivity contribution in [3.63, 3.8) is 0 Å². The Morgan fingerprint density at radius 2 is 1.93 bits per heavy atom. The zero-order chi connectivity index (χ0) is 9.97. The third-order valence-corrected chi connectivity index (χ3v) is 2.36. The Labute approximate surface area is 97.2 Å². The number of nitrogens with zero attached hydrogens (tertiary/aromatic N) is 2. The van der Waals surface area contributed by atoms with Crippen molar-refractivity contribution in [1.82, 2.24) is 9.59 Å². The molecule has 3 N–H and O–H groups in total. The van der Waals surface area contributed by atoms with Crippen molar-refractivity contribution in [2.45, 2.75) is 0 Å². The number of nitrogens with one attached hydrogen (secondary N) is 1. The molecule has 0 aliphatic heterocycles. The third kappa shape index (κ3) is 2.51. The molecule has 0 aliphatic carbocycles. The van der Waals surface area contributed by atoms with Crippen LogP contribution in [0.5, 0.6) is 0 Å². The molecule has 0 atom stereocenters. The highest BCUT2D eigenvalue weighted by molar-refractivity contribution is 7.03. The molecule has 0 fully saturated rings. The summed E-state index contributed by atoms with van der Waals surface area (Å²) in [6.07, 6.45) is 0. The largest absolute Gasteiger partial charge is 0.384 e. The second-order valence-electron chi connectivity index (χ2n) is 2.78. The van der Waals surface area contributed by atoms with Gasteiger partial charge in [0.25, 0.3) is 0 Å². The van der Waals surface area contributed by atoms with Crippen molar-refractivity contribution in [2.24, 2.45) is 5.73 Å². The molecule has 0 saturated heterocycles. The normalized spacial score (nSPS) is 9.33. The Bertz CT molecular complexity index is 438. The number of benzene rings is 1. The van der Waals surface area contributed by atoms with Gasteiger partial charge in [-0.05, 0) is 11.5 Å². The summed E-state index contributed by atoms with van der Waals surface area (Å²) in [7, 11) is 0. The van der Waals surface area contributed by atoms with Crippen molar-refractivity contribution >= 4 is 29.8 Å². The first-order valence-corrected chi connectivity index (χ1v) is 4.83. The number of halogens is 1. The first kappa shape index (κ1) is 11.6. The number of hydrogen-bond donors (Lipinski definition) is 2. The summed E-state index contributed by atoms with van der Waals surface area (Å²) in [6, 6.07) is 7.37. The molecule has 0 saturated carbocycles. The third-order valence-electron chi connectivity index (χ3n) is 1.85. The SMILES string of the molecule is Cl.N=C(N)c1ccc(-c2csnn2)cc1. The van der Waals surface area contributed by atoms with Gasteiger partial charge in [-0.1, -0.05) is 28.8 Å². The van der Waals surface area contributed by atoms with Crippen LogP contribution in [0.4, 0.5) is 0 Å². The number of aromatic nitrogens is 2. The number of nitrogen functional groups attached to an aromatic ring is 1. The summed E-state index contributed by atoms with van der Waals surface area (Å²) >= 11 is 1.32. The summed E-state index contributed by atoms with van der Waals surface area (Å²) in [5.41, 5.74) is 7.90. The molecular weight excluding hydrogens is 232 g/mol. The zero-order valence-corrected chi connectivity index (χ0v) is 9.31. The summed E-state index contributed by atoms with van der Waals surface area (Å²) in [4.78, 5) is 0. The standard InChI is InChI=1S/C9H8N4S.ClH/c10-9(11)7-3-1-6(2-4-7)8-5-14-13-12-8;/h1-5H,(H3,10,11);1H. The Morgan fingerprint density at radius 1 is 1.27 bits per heavy atom. The van der Waals surface area contributed by atoms with Gasteiger partial charge in [-0.3, -0.25) is 5.41 Å². The molecule has 15 heavy (non-hydrogen) atoms. The van der Waals surface area contributed by atoms with Crippen molar-refractivity contribution in [1.29, 1.82) is 5.41 Å². The van der Waals surface area contributed by atoms with E-state index in [0.717, 1.165) is 16.8 Å². The molecule has 4 nitrogen and oxygen atoms in total. The molecule has 6 heteroatoms. The van der Waals surface area contributed by atoms with Crippen LogP contribution in [0.1, 0.15) is 5.56 Å². The average molecular weight is 241 g/mol. The minimum absolute atomic E-state index is 0. The number of hydrogen-bond acceptors (Lipinski definition) is 4. The van der Waals surface area contributed by atoms with Gasteiger partial charge in [0.2, 0.25) is 0 Å². The lowest BCUT2D eigenvalue weighted by molar-refractivity contribution is 1.16. The van der Waals surface area contributed by atoms with Crippen LogP contribution in [0.2, 0.25) is 0 Å². The van der Waals surface area contributed by atoms with Gasteiger partial charge >= 0.3 is 0 Å². The summed E-state index contributed by atoms with van der Waals surface area (Å²) < 4.78 is 3.78. The van der Waals surface area contributed by atoms with Crippen molar-refractivity contribution in [2.75, 3.05) is 0 Å². The van der Waals surface area contributed by atoms with Crippen LogP contribution in [0.25, 0.3) is 11.3 Å². The summed E-state index contributed by atoms with van der Waals surface area (Å²) in [6.45, 7) is 0. The average Bonchev–Trinajstić information content (AvgIpc) is 2.71. The summed E-state index contributed by atoms with van der Waals surface area (Å²) in [5, 5.41) is 13.1. The lowest BCUT2D eigenvalue weighted by atomic mass is 10.1. The maximum Gasteiger partial charge on any atom is 0.122 e. The molecule has 2 rings (SSSR count). The first-order chi connectivity index (χ1) is 6.77. The highest BCUT2D eigenvalue weighted by Crippen LogP contribution is 2.17. The Morgan fingerprint density at radius 3 is 2.40 bits per heavy atom. The van der Waals surface area contributed by atoms with Crippen LogP contribution >= 0.6 is 23.9 Å². The minimum Gasteiger partial charge on any atom is -0.384 e. The van der Waals surface area contributed by atoms with Gasteiger partial charge in [0.15, 0.2) is 0 Å². The predicted octanol–water partition coefficient (Wildman–Crippen LogP) is 1.91. The Hall–Kier alpha value is -1.46. The van der Waals surface area contributed by atoms with E-state index in [2.05, 4.69) is 9.59 Å². The smallest absolute Gasteiger partial charge is 0.122 e. The second kappa shape index (κ2) is 4.86. The predicted molar refractivity (Wildman–Crippen MR) is 63.6 cm³/mol. The van der Waals surface area contributed by atoms with Gasteiger partial charge in [-0.15, -0.1) is 17.5 Å². The second-order valence-corrected chi connectivity index (χ2v) is 3.39. The van der Waals surface area contributed by atoms with Gasteiger partial charge in [0.1, 0.15) is 11.5 Å². The molecule has 0 amide bonds. The fourth-order valence-electron chi connectivity index (χ4n) is 1.11. The van der Waals surface area contributed by atoms with E-state index in [-0.39, 0.29) is 18.2 Å². The van der Waals surface area contributed by atoms with Crippen LogP contribution in [-0.4, -0.2) is 15.4 Å². The van der Waals surface area contributed by atoms with Crippen LogP contribution in [0.3, 0.4) is 0 Å². The van der Waals surface area contributed by atoms with Gasteiger partial charge in [-0.25, -0.2) is 0 Å². The van der Waals surface area contributed by atoms with E-state index in [1.54, 1.807) is 12.1 Å². The van der Waals surface area contributed by atoms with Crippen LogP contribution in [0.15, 0.2) is 29.6 Å².